The molecule has 1 aliphatic heterocycles. The number of hydrogen-bond donors (Lipinski definition) is 1. The van der Waals surface area contributed by atoms with Gasteiger partial charge >= 0.3 is 12.0 Å². The van der Waals surface area contributed by atoms with Crippen molar-refractivity contribution in [1.29, 1.82) is 0 Å². The Bertz CT molecular complexity index is 808. The number of ether oxygens (including phenoxy) is 3. The van der Waals surface area contributed by atoms with Crippen LogP contribution in [0.15, 0.2) is 36.4 Å². The summed E-state index contributed by atoms with van der Waals surface area (Å²) in [7, 11) is 2.93. The topological polar surface area (TPSA) is 77.1 Å². The normalized spacial score (nSPS) is 17.0. The number of hydrogen-bond acceptors (Lipinski definition) is 5. The number of carbonyl (C=O) groups excluding carboxylic acids is 2. The van der Waals surface area contributed by atoms with E-state index < -0.39 is 5.97 Å². The molecule has 1 N–H and O–H groups in total. The Morgan fingerprint density at radius 3 is 2.73 bits per heavy atom. The quantitative estimate of drug-likeness (QED) is 0.847. The molecule has 1 saturated heterocycles. The lowest BCUT2D eigenvalue weighted by molar-refractivity contribution is -0.139. The smallest absolute Gasteiger partial charge is 0.325 e. The number of carbonyl (C=O) groups is 2. The average molecular weight is 358 g/mol. The second kappa shape index (κ2) is 8.05. The fourth-order valence-corrected chi connectivity index (χ4v) is 2.94. The van der Waals surface area contributed by atoms with Gasteiger partial charge < -0.3 is 24.4 Å². The first kappa shape index (κ1) is 18.0. The molecule has 7 heteroatoms. The van der Waals surface area contributed by atoms with Gasteiger partial charge in [-0.25, -0.2) is 4.79 Å². The van der Waals surface area contributed by atoms with Crippen molar-refractivity contribution in [3.63, 3.8) is 0 Å². The van der Waals surface area contributed by atoms with Crippen LogP contribution in [-0.2, 0) is 14.3 Å². The fraction of sp³-hybridized carbons (Fsp3) is 0.368. The number of urea groups is 1. The fourth-order valence-electron chi connectivity index (χ4n) is 2.94. The molecule has 7 nitrogen and oxygen atoms in total. The van der Waals surface area contributed by atoms with Crippen LogP contribution in [0.1, 0.15) is 11.7 Å². The van der Waals surface area contributed by atoms with Gasteiger partial charge in [0.05, 0.1) is 27.4 Å². The van der Waals surface area contributed by atoms with Crippen molar-refractivity contribution in [1.82, 2.24) is 10.2 Å². The van der Waals surface area contributed by atoms with Crippen molar-refractivity contribution in [2.75, 3.05) is 40.5 Å². The van der Waals surface area contributed by atoms with Gasteiger partial charge in [0, 0.05) is 6.54 Å². The largest absolute Gasteiger partial charge is 0.497 e. The molecule has 0 radical (unpaired) electrons. The first-order chi connectivity index (χ1) is 12.6. The van der Waals surface area contributed by atoms with Crippen molar-refractivity contribution in [2.24, 2.45) is 0 Å². The van der Waals surface area contributed by atoms with E-state index in [0.717, 1.165) is 22.1 Å². The lowest BCUT2D eigenvalue weighted by Crippen LogP contribution is -2.48. The maximum Gasteiger partial charge on any atom is 0.325 e. The molecular formula is C19H22N2O5. The van der Waals surface area contributed by atoms with E-state index in [1.807, 2.05) is 30.3 Å². The van der Waals surface area contributed by atoms with Gasteiger partial charge in [-0.3, -0.25) is 4.79 Å². The highest BCUT2D eigenvalue weighted by molar-refractivity contribution is 5.84. The third-order valence-corrected chi connectivity index (χ3v) is 4.41. The highest BCUT2D eigenvalue weighted by Gasteiger charge is 2.25. The van der Waals surface area contributed by atoms with Gasteiger partial charge in [-0.05, 0) is 34.5 Å². The molecule has 2 amide bonds. The van der Waals surface area contributed by atoms with E-state index in [9.17, 15) is 9.59 Å². The number of rotatable bonds is 4. The molecule has 138 valence electrons. The molecule has 0 aromatic heterocycles. The first-order valence-corrected chi connectivity index (χ1v) is 8.39. The molecule has 0 unspecified atom stereocenters. The van der Waals surface area contributed by atoms with Crippen LogP contribution in [0.5, 0.6) is 5.75 Å². The zero-order valence-electron chi connectivity index (χ0n) is 14.9. The minimum absolute atomic E-state index is 0.144. The molecule has 1 heterocycles. The maximum atomic E-state index is 12.2. The van der Waals surface area contributed by atoms with Crippen LogP contribution >= 0.6 is 0 Å². The molecule has 0 aliphatic carbocycles. The van der Waals surface area contributed by atoms with Crippen LogP contribution in [0.25, 0.3) is 10.8 Å². The van der Waals surface area contributed by atoms with Gasteiger partial charge in [-0.15, -0.1) is 0 Å². The van der Waals surface area contributed by atoms with Gasteiger partial charge in [-0.2, -0.15) is 0 Å². The Morgan fingerprint density at radius 2 is 1.96 bits per heavy atom. The van der Waals surface area contributed by atoms with E-state index in [-0.39, 0.29) is 18.7 Å². The van der Waals surface area contributed by atoms with E-state index >= 15 is 0 Å². The monoisotopic (exact) mass is 358 g/mol. The van der Waals surface area contributed by atoms with Gasteiger partial charge in [0.15, 0.2) is 0 Å². The Hall–Kier alpha value is -2.80. The van der Waals surface area contributed by atoms with Crippen LogP contribution in [0.3, 0.4) is 0 Å². The minimum Gasteiger partial charge on any atom is -0.497 e. The SMILES string of the molecule is COC(=O)CNC(=O)N1CCO[C@@H](c2ccc3cc(OC)ccc3c2)C1. The predicted molar refractivity (Wildman–Crippen MR) is 96.2 cm³/mol. The minimum atomic E-state index is -0.479. The lowest BCUT2D eigenvalue weighted by Gasteiger charge is -2.33. The molecule has 2 aromatic rings. The predicted octanol–water partition coefficient (Wildman–Crippen LogP) is 2.10. The molecule has 1 atom stereocenters. The van der Waals surface area contributed by atoms with E-state index in [4.69, 9.17) is 9.47 Å². The van der Waals surface area contributed by atoms with Crippen LogP contribution in [0.2, 0.25) is 0 Å². The van der Waals surface area contributed by atoms with E-state index in [2.05, 4.69) is 16.1 Å². The summed E-state index contributed by atoms with van der Waals surface area (Å²) in [6, 6.07) is 11.7. The zero-order valence-corrected chi connectivity index (χ0v) is 14.9. The molecular weight excluding hydrogens is 336 g/mol. The van der Waals surface area contributed by atoms with E-state index in [0.29, 0.717) is 19.7 Å². The molecule has 1 aliphatic rings. The first-order valence-electron chi connectivity index (χ1n) is 8.39. The summed E-state index contributed by atoms with van der Waals surface area (Å²) in [6.07, 6.45) is -0.209. The van der Waals surface area contributed by atoms with E-state index in [1.54, 1.807) is 12.0 Å². The van der Waals surface area contributed by atoms with Crippen molar-refractivity contribution in [3.8, 4) is 5.75 Å². The highest BCUT2D eigenvalue weighted by Crippen LogP contribution is 2.27. The average Bonchev–Trinajstić information content (AvgIpc) is 2.70. The Labute approximate surface area is 151 Å². The number of morpholine rings is 1. The van der Waals surface area contributed by atoms with Crippen molar-refractivity contribution >= 4 is 22.8 Å². The number of nitrogens with zero attached hydrogens (tertiary/aromatic N) is 1. The van der Waals surface area contributed by atoms with Gasteiger partial charge in [0.2, 0.25) is 0 Å². The van der Waals surface area contributed by atoms with Crippen LogP contribution < -0.4 is 10.1 Å². The lowest BCUT2D eigenvalue weighted by atomic mass is 10.0. The van der Waals surface area contributed by atoms with Crippen molar-refractivity contribution in [2.45, 2.75) is 6.10 Å². The number of esters is 1. The summed E-state index contributed by atoms with van der Waals surface area (Å²) >= 11 is 0. The number of amides is 2. The standard InChI is InChI=1S/C19H22N2O5/c1-24-16-6-5-13-9-15(4-3-14(13)10-16)17-12-21(7-8-26-17)19(23)20-11-18(22)25-2/h3-6,9-10,17H,7-8,11-12H2,1-2H3,(H,20,23)/t17-/m1/s1. The Morgan fingerprint density at radius 1 is 1.19 bits per heavy atom. The van der Waals surface area contributed by atoms with E-state index in [1.165, 1.54) is 7.11 Å². The van der Waals surface area contributed by atoms with Gasteiger partial charge in [0.25, 0.3) is 0 Å². The van der Waals surface area contributed by atoms with Crippen LogP contribution in [0, 0.1) is 0 Å². The zero-order chi connectivity index (χ0) is 18.5. The molecule has 26 heavy (non-hydrogen) atoms. The third kappa shape index (κ3) is 4.05. The van der Waals surface area contributed by atoms with Crippen molar-refractivity contribution < 1.29 is 23.8 Å². The number of fused-ring (bicyclic) bond motifs is 1. The summed E-state index contributed by atoms with van der Waals surface area (Å²) in [6.45, 7) is 1.20. The summed E-state index contributed by atoms with van der Waals surface area (Å²) in [4.78, 5) is 25.0. The van der Waals surface area contributed by atoms with Crippen LogP contribution in [-0.4, -0.2) is 57.4 Å². The Kier molecular flexibility index (Phi) is 5.58. The molecule has 2 aromatic carbocycles. The molecule has 1 fully saturated rings. The second-order valence-electron chi connectivity index (χ2n) is 6.01. The van der Waals surface area contributed by atoms with Crippen molar-refractivity contribution in [3.05, 3.63) is 42.0 Å². The highest BCUT2D eigenvalue weighted by atomic mass is 16.5. The third-order valence-electron chi connectivity index (χ3n) is 4.41. The summed E-state index contributed by atoms with van der Waals surface area (Å²) < 4.78 is 15.6. The molecule has 0 bridgehead atoms. The molecule has 0 saturated carbocycles. The summed E-state index contributed by atoms with van der Waals surface area (Å²) in [5.41, 5.74) is 1.01. The Balaban J connectivity index is 1.69. The van der Waals surface area contributed by atoms with Gasteiger partial charge in [0.1, 0.15) is 18.4 Å². The number of methoxy groups -OCH3 is 2. The second-order valence-corrected chi connectivity index (χ2v) is 6.01. The number of nitrogens with one attached hydrogen (secondary N) is 1. The maximum absolute atomic E-state index is 12.2. The number of benzene rings is 2. The molecule has 0 spiro atoms. The summed E-state index contributed by atoms with van der Waals surface area (Å²) in [5.74, 6) is 0.334. The summed E-state index contributed by atoms with van der Waals surface area (Å²) in [5, 5.41) is 4.72. The molecule has 3 rings (SSSR count). The van der Waals surface area contributed by atoms with Crippen LogP contribution in [0.4, 0.5) is 4.79 Å². The van der Waals surface area contributed by atoms with Gasteiger partial charge in [-0.1, -0.05) is 18.2 Å².